The van der Waals surface area contributed by atoms with Crippen LogP contribution < -0.4 is 0 Å². The van der Waals surface area contributed by atoms with Crippen LogP contribution in [0, 0.1) is 5.92 Å². The molecule has 2 atom stereocenters. The monoisotopic (exact) mass is 381 g/mol. The molecule has 6 heteroatoms. The van der Waals surface area contributed by atoms with Crippen LogP contribution in [-0.2, 0) is 10.3 Å². The summed E-state index contributed by atoms with van der Waals surface area (Å²) < 4.78 is 1.97. The van der Waals surface area contributed by atoms with Crippen LogP contribution in [-0.4, -0.2) is 44.8 Å². The number of hydrogen-bond acceptors (Lipinski definition) is 3. The van der Waals surface area contributed by atoms with Crippen molar-refractivity contribution in [2.45, 2.75) is 51.0 Å². The van der Waals surface area contributed by atoms with Crippen molar-refractivity contribution >= 4 is 11.9 Å². The highest BCUT2D eigenvalue weighted by molar-refractivity contribution is 5.93. The molecule has 2 aromatic rings. The molecule has 1 saturated heterocycles. The van der Waals surface area contributed by atoms with Crippen molar-refractivity contribution < 1.29 is 14.7 Å². The summed E-state index contributed by atoms with van der Waals surface area (Å²) in [5.74, 6) is -1.34. The van der Waals surface area contributed by atoms with Crippen molar-refractivity contribution in [1.29, 1.82) is 0 Å². The zero-order valence-corrected chi connectivity index (χ0v) is 16.6. The number of benzene rings is 1. The van der Waals surface area contributed by atoms with Gasteiger partial charge in [-0.15, -0.1) is 0 Å². The third-order valence-corrected chi connectivity index (χ3v) is 5.74. The van der Waals surface area contributed by atoms with Crippen molar-refractivity contribution in [3.8, 4) is 0 Å². The minimum atomic E-state index is -0.858. The number of carboxylic acid groups (broad SMARTS) is 1. The summed E-state index contributed by atoms with van der Waals surface area (Å²) in [5, 5.41) is 14.3. The largest absolute Gasteiger partial charge is 0.481 e. The number of aliphatic carboxylic acids is 1. The molecule has 2 heterocycles. The molecule has 6 nitrogen and oxygen atoms in total. The first kappa shape index (κ1) is 18.7. The summed E-state index contributed by atoms with van der Waals surface area (Å²) in [7, 11) is 0. The SMILES string of the molecule is CC(C)(C)n1nc(C(=O)N2C[C@H](C(=O)O)[C@H](c3ccccc3)C2)cc1C1CC1. The quantitative estimate of drug-likeness (QED) is 0.880. The molecule has 148 valence electrons. The Morgan fingerprint density at radius 3 is 2.36 bits per heavy atom. The molecule has 1 aromatic carbocycles. The number of nitrogens with zero attached hydrogens (tertiary/aromatic N) is 3. The molecule has 1 aromatic heterocycles. The lowest BCUT2D eigenvalue weighted by atomic mass is 9.89. The smallest absolute Gasteiger partial charge is 0.308 e. The average molecular weight is 381 g/mol. The van der Waals surface area contributed by atoms with Crippen LogP contribution in [0.2, 0.25) is 0 Å². The van der Waals surface area contributed by atoms with Crippen LogP contribution in [0.3, 0.4) is 0 Å². The van der Waals surface area contributed by atoms with Gasteiger partial charge < -0.3 is 10.0 Å². The first-order valence-corrected chi connectivity index (χ1v) is 9.93. The van der Waals surface area contributed by atoms with Crippen molar-refractivity contribution in [3.63, 3.8) is 0 Å². The molecule has 28 heavy (non-hydrogen) atoms. The molecule has 1 aliphatic heterocycles. The van der Waals surface area contributed by atoms with E-state index < -0.39 is 11.9 Å². The maximum Gasteiger partial charge on any atom is 0.308 e. The number of likely N-dealkylation sites (tertiary alicyclic amines) is 1. The first-order valence-electron chi connectivity index (χ1n) is 9.93. The first-order chi connectivity index (χ1) is 13.3. The summed E-state index contributed by atoms with van der Waals surface area (Å²) in [6, 6.07) is 11.5. The fourth-order valence-electron chi connectivity index (χ4n) is 4.13. The van der Waals surface area contributed by atoms with Gasteiger partial charge in [0.25, 0.3) is 5.91 Å². The lowest BCUT2D eigenvalue weighted by Gasteiger charge is -2.22. The summed E-state index contributed by atoms with van der Waals surface area (Å²) in [5.41, 5.74) is 2.31. The zero-order valence-electron chi connectivity index (χ0n) is 16.6. The number of hydrogen-bond donors (Lipinski definition) is 1. The molecule has 2 aliphatic rings. The Balaban J connectivity index is 1.61. The van der Waals surface area contributed by atoms with E-state index >= 15 is 0 Å². The molecular formula is C22H27N3O3. The number of carbonyl (C=O) groups excluding carboxylic acids is 1. The maximum absolute atomic E-state index is 13.2. The van der Waals surface area contributed by atoms with Crippen molar-refractivity contribution in [2.75, 3.05) is 13.1 Å². The molecule has 2 fully saturated rings. The molecule has 1 N–H and O–H groups in total. The topological polar surface area (TPSA) is 75.4 Å². The number of aromatic nitrogens is 2. The summed E-state index contributed by atoms with van der Waals surface area (Å²) in [4.78, 5) is 26.7. The highest BCUT2D eigenvalue weighted by Crippen LogP contribution is 2.42. The highest BCUT2D eigenvalue weighted by Gasteiger charge is 2.42. The lowest BCUT2D eigenvalue weighted by Crippen LogP contribution is -2.31. The van der Waals surface area contributed by atoms with Gasteiger partial charge in [0.1, 0.15) is 0 Å². The molecule has 1 aliphatic carbocycles. The second kappa shape index (κ2) is 6.76. The van der Waals surface area contributed by atoms with E-state index in [1.165, 1.54) is 0 Å². The Morgan fingerprint density at radius 1 is 1.11 bits per heavy atom. The number of amides is 1. The van der Waals surface area contributed by atoms with Gasteiger partial charge in [-0.25, -0.2) is 0 Å². The molecule has 0 unspecified atom stereocenters. The van der Waals surface area contributed by atoms with E-state index in [9.17, 15) is 14.7 Å². The third-order valence-electron chi connectivity index (χ3n) is 5.74. The molecule has 1 saturated carbocycles. The van der Waals surface area contributed by atoms with Gasteiger partial charge in [0.2, 0.25) is 0 Å². The minimum Gasteiger partial charge on any atom is -0.481 e. The second-order valence-electron chi connectivity index (χ2n) is 8.98. The van der Waals surface area contributed by atoms with Crippen LogP contribution in [0.25, 0.3) is 0 Å². The van der Waals surface area contributed by atoms with Gasteiger partial charge in [-0.1, -0.05) is 30.3 Å². The molecule has 0 bridgehead atoms. The van der Waals surface area contributed by atoms with E-state index in [0.717, 1.165) is 24.1 Å². The zero-order chi connectivity index (χ0) is 20.1. The van der Waals surface area contributed by atoms with Gasteiger partial charge in [0.15, 0.2) is 5.69 Å². The van der Waals surface area contributed by atoms with Crippen LogP contribution >= 0.6 is 0 Å². The van der Waals surface area contributed by atoms with E-state index in [-0.39, 0.29) is 23.9 Å². The van der Waals surface area contributed by atoms with E-state index in [1.807, 2.05) is 41.1 Å². The predicted octanol–water partition coefficient (Wildman–Crippen LogP) is 3.46. The fraction of sp³-hybridized carbons (Fsp3) is 0.500. The van der Waals surface area contributed by atoms with Crippen molar-refractivity contribution in [3.05, 3.63) is 53.3 Å². The Kier molecular flexibility index (Phi) is 4.52. The van der Waals surface area contributed by atoms with Crippen LogP contribution in [0.1, 0.15) is 67.2 Å². The predicted molar refractivity (Wildman–Crippen MR) is 105 cm³/mol. The average Bonchev–Trinajstić information content (AvgIpc) is 3.22. The molecule has 4 rings (SSSR count). The van der Waals surface area contributed by atoms with Crippen molar-refractivity contribution in [2.24, 2.45) is 5.92 Å². The number of carbonyl (C=O) groups is 2. The van der Waals surface area contributed by atoms with Crippen molar-refractivity contribution in [1.82, 2.24) is 14.7 Å². The van der Waals surface area contributed by atoms with E-state index in [0.29, 0.717) is 18.2 Å². The van der Waals surface area contributed by atoms with Crippen LogP contribution in [0.15, 0.2) is 36.4 Å². The van der Waals surface area contributed by atoms with E-state index in [4.69, 9.17) is 0 Å². The van der Waals surface area contributed by atoms with Crippen LogP contribution in [0.4, 0.5) is 0 Å². The van der Waals surface area contributed by atoms with Gasteiger partial charge in [0, 0.05) is 30.6 Å². The third kappa shape index (κ3) is 3.43. The molecular weight excluding hydrogens is 354 g/mol. The summed E-state index contributed by atoms with van der Waals surface area (Å²) in [6.45, 7) is 6.88. The van der Waals surface area contributed by atoms with Gasteiger partial charge in [-0.05, 0) is 45.2 Å². The maximum atomic E-state index is 13.2. The van der Waals surface area contributed by atoms with Gasteiger partial charge in [-0.3, -0.25) is 14.3 Å². The Morgan fingerprint density at radius 2 is 1.79 bits per heavy atom. The molecule has 0 radical (unpaired) electrons. The Labute approximate surface area is 165 Å². The number of carboxylic acids is 1. The minimum absolute atomic E-state index is 0.172. The second-order valence-corrected chi connectivity index (χ2v) is 8.98. The summed E-state index contributed by atoms with van der Waals surface area (Å²) >= 11 is 0. The van der Waals surface area contributed by atoms with E-state index in [2.05, 4.69) is 25.9 Å². The van der Waals surface area contributed by atoms with E-state index in [1.54, 1.807) is 4.90 Å². The molecule has 0 spiro atoms. The highest BCUT2D eigenvalue weighted by atomic mass is 16.4. The van der Waals surface area contributed by atoms with Crippen LogP contribution in [0.5, 0.6) is 0 Å². The fourth-order valence-corrected chi connectivity index (χ4v) is 4.13. The van der Waals surface area contributed by atoms with Gasteiger partial charge >= 0.3 is 5.97 Å². The standard InChI is InChI=1S/C22H27N3O3/c1-22(2,3)25-19(15-9-10-15)11-18(23-25)20(26)24-12-16(17(13-24)21(27)28)14-7-5-4-6-8-14/h4-8,11,15-17H,9-10,12-13H2,1-3H3,(H,27,28)/t16-,17-/m0/s1. The Hall–Kier alpha value is -2.63. The lowest BCUT2D eigenvalue weighted by molar-refractivity contribution is -0.141. The van der Waals surface area contributed by atoms with Gasteiger partial charge in [-0.2, -0.15) is 5.10 Å². The molecule has 1 amide bonds. The normalized spacial score (nSPS) is 22.5. The van der Waals surface area contributed by atoms with Gasteiger partial charge in [0.05, 0.1) is 11.5 Å². The number of rotatable bonds is 4. The summed E-state index contributed by atoms with van der Waals surface area (Å²) in [6.07, 6.45) is 2.27. The Bertz CT molecular complexity index is 893.